The molecular formula is C18H15ClN6S. The van der Waals surface area contributed by atoms with Gasteiger partial charge in [0.25, 0.3) is 0 Å². The molecule has 0 spiro atoms. The highest BCUT2D eigenvalue weighted by molar-refractivity contribution is 7.71. The number of aromatic amines is 1. The number of H-pyrrole nitrogens is 1. The van der Waals surface area contributed by atoms with Crippen LogP contribution in [-0.4, -0.2) is 30.0 Å². The minimum Gasteiger partial charge on any atom is -0.299 e. The Labute approximate surface area is 160 Å². The molecule has 26 heavy (non-hydrogen) atoms. The van der Waals surface area contributed by atoms with E-state index in [0.717, 1.165) is 16.8 Å². The van der Waals surface area contributed by atoms with Crippen molar-refractivity contribution in [2.75, 3.05) is 0 Å². The molecule has 0 saturated carbocycles. The van der Waals surface area contributed by atoms with Crippen molar-refractivity contribution in [1.29, 1.82) is 0 Å². The predicted octanol–water partition coefficient (Wildman–Crippen LogP) is 4.20. The maximum absolute atomic E-state index is 5.94. The third kappa shape index (κ3) is 3.31. The van der Waals surface area contributed by atoms with Crippen molar-refractivity contribution in [3.63, 3.8) is 0 Å². The minimum atomic E-state index is 0.492. The quantitative estimate of drug-likeness (QED) is 0.537. The molecule has 0 amide bonds. The molecule has 6 nitrogen and oxygen atoms in total. The summed E-state index contributed by atoms with van der Waals surface area (Å²) in [6, 6.07) is 15.6. The molecule has 0 aliphatic heterocycles. The van der Waals surface area contributed by atoms with Gasteiger partial charge in [-0.05, 0) is 42.0 Å². The van der Waals surface area contributed by atoms with E-state index in [2.05, 4.69) is 39.6 Å². The number of halogens is 1. The van der Waals surface area contributed by atoms with Crippen LogP contribution < -0.4 is 0 Å². The van der Waals surface area contributed by atoms with Crippen molar-refractivity contribution in [2.45, 2.75) is 13.5 Å². The topological polar surface area (TPSA) is 64.3 Å². The third-order valence-corrected chi connectivity index (χ3v) is 4.61. The van der Waals surface area contributed by atoms with Crippen molar-refractivity contribution in [1.82, 2.24) is 30.0 Å². The molecule has 130 valence electrons. The monoisotopic (exact) mass is 382 g/mol. The van der Waals surface area contributed by atoms with Gasteiger partial charge in [-0.15, -0.1) is 10.2 Å². The van der Waals surface area contributed by atoms with Gasteiger partial charge in [0.2, 0.25) is 5.82 Å². The van der Waals surface area contributed by atoms with Crippen molar-refractivity contribution < 1.29 is 0 Å². The molecule has 0 atom stereocenters. The first-order chi connectivity index (χ1) is 12.6. The lowest BCUT2D eigenvalue weighted by molar-refractivity contribution is 0.572. The smallest absolute Gasteiger partial charge is 0.209 e. The fraction of sp³-hybridized carbons (Fsp3) is 0.111. The fourth-order valence-corrected chi connectivity index (χ4v) is 3.14. The molecule has 1 N–H and O–H groups in total. The van der Waals surface area contributed by atoms with E-state index in [1.807, 2.05) is 36.4 Å². The predicted molar refractivity (Wildman–Crippen MR) is 103 cm³/mol. The number of aryl methyl sites for hydroxylation is 1. The maximum Gasteiger partial charge on any atom is 0.209 e. The first-order valence-electron chi connectivity index (χ1n) is 8.00. The molecule has 0 radical (unpaired) electrons. The van der Waals surface area contributed by atoms with Crippen LogP contribution in [0.1, 0.15) is 11.1 Å². The van der Waals surface area contributed by atoms with Crippen LogP contribution in [0, 0.1) is 11.6 Å². The molecule has 8 heteroatoms. The summed E-state index contributed by atoms with van der Waals surface area (Å²) < 4.78 is 2.37. The standard InChI is InChI=1S/C18H15ClN6S/c1-12-3-2-4-13(9-12)11-24-22-17(21-23-24)16-10-20-25(18(16)26)15-7-5-14(19)6-8-15/h2-10,20H,11H2,1H3. The van der Waals surface area contributed by atoms with Crippen LogP contribution in [0.15, 0.2) is 54.7 Å². The van der Waals surface area contributed by atoms with Crippen LogP contribution in [0.3, 0.4) is 0 Å². The molecule has 0 unspecified atom stereocenters. The van der Waals surface area contributed by atoms with Gasteiger partial charge < -0.3 is 0 Å². The Bertz CT molecular complexity index is 1110. The van der Waals surface area contributed by atoms with Crippen LogP contribution in [0.2, 0.25) is 5.02 Å². The van der Waals surface area contributed by atoms with Crippen LogP contribution in [-0.2, 0) is 6.54 Å². The summed E-state index contributed by atoms with van der Waals surface area (Å²) in [6.07, 6.45) is 1.78. The number of nitrogens with zero attached hydrogens (tertiary/aromatic N) is 5. The van der Waals surface area contributed by atoms with Gasteiger partial charge in [0.05, 0.1) is 17.8 Å². The molecule has 4 aromatic rings. The number of hydrogen-bond acceptors (Lipinski definition) is 4. The van der Waals surface area contributed by atoms with Crippen LogP contribution in [0.25, 0.3) is 17.1 Å². The van der Waals surface area contributed by atoms with Crippen LogP contribution >= 0.6 is 23.8 Å². The van der Waals surface area contributed by atoms with Gasteiger partial charge in [-0.3, -0.25) is 5.10 Å². The van der Waals surface area contributed by atoms with E-state index < -0.39 is 0 Å². The highest BCUT2D eigenvalue weighted by Gasteiger charge is 2.12. The van der Waals surface area contributed by atoms with E-state index in [1.165, 1.54) is 5.56 Å². The second kappa shape index (κ2) is 6.86. The van der Waals surface area contributed by atoms with E-state index >= 15 is 0 Å². The molecule has 0 fully saturated rings. The zero-order chi connectivity index (χ0) is 18.1. The van der Waals surface area contributed by atoms with Gasteiger partial charge >= 0.3 is 0 Å². The number of nitrogens with one attached hydrogen (secondary N) is 1. The fourth-order valence-electron chi connectivity index (χ4n) is 2.70. The van der Waals surface area contributed by atoms with Crippen molar-refractivity contribution in [2.24, 2.45) is 0 Å². The lowest BCUT2D eigenvalue weighted by Gasteiger charge is -2.02. The summed E-state index contributed by atoms with van der Waals surface area (Å²) in [5.74, 6) is 0.492. The van der Waals surface area contributed by atoms with E-state index in [9.17, 15) is 0 Å². The zero-order valence-electron chi connectivity index (χ0n) is 13.9. The number of tetrazole rings is 1. The first-order valence-corrected chi connectivity index (χ1v) is 8.79. The molecule has 2 heterocycles. The van der Waals surface area contributed by atoms with E-state index in [1.54, 1.807) is 15.7 Å². The normalized spacial score (nSPS) is 11.0. The molecule has 0 aliphatic rings. The molecule has 0 aliphatic carbocycles. The van der Waals surface area contributed by atoms with Gasteiger partial charge in [0.15, 0.2) is 0 Å². The lowest BCUT2D eigenvalue weighted by Crippen LogP contribution is -2.04. The second-order valence-electron chi connectivity index (χ2n) is 5.94. The second-order valence-corrected chi connectivity index (χ2v) is 6.76. The average molecular weight is 383 g/mol. The van der Waals surface area contributed by atoms with Crippen LogP contribution in [0.5, 0.6) is 0 Å². The zero-order valence-corrected chi connectivity index (χ0v) is 15.5. The molecule has 0 saturated heterocycles. The SMILES string of the molecule is Cc1cccc(Cn2nnc(-c3c[nH]n(-c4ccc(Cl)cc4)c3=S)n2)c1. The maximum atomic E-state index is 5.94. The van der Waals surface area contributed by atoms with Crippen molar-refractivity contribution in [3.8, 4) is 17.1 Å². The number of aromatic nitrogens is 6. The number of benzene rings is 2. The lowest BCUT2D eigenvalue weighted by atomic mass is 10.1. The molecule has 0 bridgehead atoms. The number of rotatable bonds is 4. The van der Waals surface area contributed by atoms with Gasteiger partial charge in [0.1, 0.15) is 4.64 Å². The summed E-state index contributed by atoms with van der Waals surface area (Å²) in [4.78, 5) is 1.57. The summed E-state index contributed by atoms with van der Waals surface area (Å²) in [6.45, 7) is 2.62. The summed E-state index contributed by atoms with van der Waals surface area (Å²) in [7, 11) is 0. The molecule has 2 aromatic heterocycles. The molecule has 2 aromatic carbocycles. The van der Waals surface area contributed by atoms with Crippen molar-refractivity contribution >= 4 is 23.8 Å². The summed E-state index contributed by atoms with van der Waals surface area (Å²) in [5, 5.41) is 16.6. The van der Waals surface area contributed by atoms with E-state index in [4.69, 9.17) is 23.8 Å². The Hall–Kier alpha value is -2.77. The van der Waals surface area contributed by atoms with Gasteiger partial charge in [-0.25, -0.2) is 4.68 Å². The largest absolute Gasteiger partial charge is 0.299 e. The van der Waals surface area contributed by atoms with Gasteiger partial charge in [0, 0.05) is 11.2 Å². The summed E-state index contributed by atoms with van der Waals surface area (Å²) >= 11 is 11.5. The highest BCUT2D eigenvalue weighted by atomic mass is 35.5. The Morgan fingerprint density at radius 2 is 1.96 bits per heavy atom. The Balaban J connectivity index is 1.62. The van der Waals surface area contributed by atoms with Crippen molar-refractivity contribution in [3.05, 3.63) is 75.5 Å². The third-order valence-electron chi connectivity index (χ3n) is 3.96. The Morgan fingerprint density at radius 3 is 2.73 bits per heavy atom. The average Bonchev–Trinajstić information content (AvgIpc) is 3.22. The highest BCUT2D eigenvalue weighted by Crippen LogP contribution is 2.20. The summed E-state index contributed by atoms with van der Waals surface area (Å²) in [5.41, 5.74) is 3.94. The van der Waals surface area contributed by atoms with Crippen LogP contribution in [0.4, 0.5) is 0 Å². The van der Waals surface area contributed by atoms with Gasteiger partial charge in [-0.2, -0.15) is 4.80 Å². The first kappa shape index (κ1) is 16.7. The Kier molecular flexibility index (Phi) is 4.40. The van der Waals surface area contributed by atoms with E-state index in [-0.39, 0.29) is 0 Å². The Morgan fingerprint density at radius 1 is 1.15 bits per heavy atom. The van der Waals surface area contributed by atoms with E-state index in [0.29, 0.717) is 22.0 Å². The number of hydrogen-bond donors (Lipinski definition) is 1. The minimum absolute atomic E-state index is 0.492. The molecular weight excluding hydrogens is 368 g/mol. The van der Waals surface area contributed by atoms with Gasteiger partial charge in [-0.1, -0.05) is 53.6 Å². The molecule has 4 rings (SSSR count).